The van der Waals surface area contributed by atoms with Crippen molar-refractivity contribution in [2.75, 3.05) is 13.1 Å². The molecule has 1 fully saturated rings. The highest BCUT2D eigenvalue weighted by molar-refractivity contribution is 7.89. The van der Waals surface area contributed by atoms with E-state index in [9.17, 15) is 8.42 Å². The van der Waals surface area contributed by atoms with Crippen LogP contribution >= 0.6 is 0 Å². The highest BCUT2D eigenvalue weighted by Crippen LogP contribution is 2.10. The van der Waals surface area contributed by atoms with Crippen LogP contribution in [0.2, 0.25) is 0 Å². The first-order chi connectivity index (χ1) is 9.12. The van der Waals surface area contributed by atoms with Gasteiger partial charge in [-0.25, -0.2) is 18.1 Å². The van der Waals surface area contributed by atoms with Crippen LogP contribution in [0.5, 0.6) is 0 Å². The second-order valence-corrected chi connectivity index (χ2v) is 6.24. The Labute approximate surface area is 112 Å². The van der Waals surface area contributed by atoms with Crippen molar-refractivity contribution in [1.29, 1.82) is 5.26 Å². The minimum Gasteiger partial charge on any atom is -0.314 e. The van der Waals surface area contributed by atoms with Gasteiger partial charge < -0.3 is 5.32 Å². The Bertz CT molecular complexity index is 556. The molecule has 19 heavy (non-hydrogen) atoms. The largest absolute Gasteiger partial charge is 0.314 e. The minimum absolute atomic E-state index is 0.0888. The summed E-state index contributed by atoms with van der Waals surface area (Å²) in [6.45, 7) is 1.41. The van der Waals surface area contributed by atoms with Gasteiger partial charge in [-0.2, -0.15) is 5.26 Å². The molecule has 2 rings (SSSR count). The first-order valence-corrected chi connectivity index (χ1v) is 7.69. The Morgan fingerprint density at radius 3 is 2.95 bits per heavy atom. The van der Waals surface area contributed by atoms with Crippen molar-refractivity contribution in [2.45, 2.75) is 30.2 Å². The van der Waals surface area contributed by atoms with Gasteiger partial charge in [-0.15, -0.1) is 0 Å². The SMILES string of the molecule is N#Cc1ccc(S(=O)(=O)NCC[C@H]2CCCN2)cn1. The molecule has 0 aliphatic carbocycles. The van der Waals surface area contributed by atoms with Crippen molar-refractivity contribution in [3.8, 4) is 6.07 Å². The van der Waals surface area contributed by atoms with Crippen LogP contribution in [-0.2, 0) is 10.0 Å². The van der Waals surface area contributed by atoms with Gasteiger partial charge in [-0.05, 0) is 37.9 Å². The number of pyridine rings is 1. The van der Waals surface area contributed by atoms with Crippen molar-refractivity contribution in [3.05, 3.63) is 24.0 Å². The second-order valence-electron chi connectivity index (χ2n) is 4.47. The zero-order valence-electron chi connectivity index (χ0n) is 10.5. The maximum absolute atomic E-state index is 12.0. The molecule has 2 N–H and O–H groups in total. The average molecular weight is 280 g/mol. The molecule has 1 aromatic rings. The van der Waals surface area contributed by atoms with Crippen molar-refractivity contribution in [2.24, 2.45) is 0 Å². The molecule has 0 bridgehead atoms. The van der Waals surface area contributed by atoms with Crippen molar-refractivity contribution >= 4 is 10.0 Å². The lowest BCUT2D eigenvalue weighted by Crippen LogP contribution is -2.30. The molecule has 1 saturated heterocycles. The Kier molecular flexibility index (Phi) is 4.47. The monoisotopic (exact) mass is 280 g/mol. The number of aromatic nitrogens is 1. The summed E-state index contributed by atoms with van der Waals surface area (Å²) in [5.74, 6) is 0. The van der Waals surface area contributed by atoms with Crippen LogP contribution in [0.1, 0.15) is 25.0 Å². The third-order valence-corrected chi connectivity index (χ3v) is 4.55. The zero-order chi connectivity index (χ0) is 13.7. The molecule has 0 unspecified atom stereocenters. The molecule has 0 amide bonds. The Hall–Kier alpha value is -1.49. The number of sulfonamides is 1. The molecule has 1 aliphatic heterocycles. The predicted octanol–water partition coefficient (Wildman–Crippen LogP) is 0.374. The van der Waals surface area contributed by atoms with Crippen LogP contribution in [-0.4, -0.2) is 32.5 Å². The number of rotatable bonds is 5. The smallest absolute Gasteiger partial charge is 0.242 e. The zero-order valence-corrected chi connectivity index (χ0v) is 11.3. The number of hydrogen-bond donors (Lipinski definition) is 2. The average Bonchev–Trinajstić information content (AvgIpc) is 2.92. The molecule has 102 valence electrons. The summed E-state index contributed by atoms with van der Waals surface area (Å²) in [7, 11) is -3.53. The second kappa shape index (κ2) is 6.10. The standard InChI is InChI=1S/C12H16N4O2S/c13-8-11-3-4-12(9-15-11)19(17,18)16-7-5-10-2-1-6-14-10/h3-4,9-10,14,16H,1-2,5-7H2/t10-/m1/s1. The molecular weight excluding hydrogens is 264 g/mol. The van der Waals surface area contributed by atoms with E-state index in [-0.39, 0.29) is 10.6 Å². The van der Waals surface area contributed by atoms with Crippen LogP contribution in [0, 0.1) is 11.3 Å². The van der Waals surface area contributed by atoms with E-state index < -0.39 is 10.0 Å². The molecule has 0 aromatic carbocycles. The number of nitriles is 1. The minimum atomic E-state index is -3.53. The van der Waals surface area contributed by atoms with E-state index in [1.165, 1.54) is 18.3 Å². The third kappa shape index (κ3) is 3.73. The molecule has 0 saturated carbocycles. The molecule has 0 spiro atoms. The Morgan fingerprint density at radius 2 is 2.37 bits per heavy atom. The Balaban J connectivity index is 1.91. The van der Waals surface area contributed by atoms with Crippen molar-refractivity contribution < 1.29 is 8.42 Å². The molecule has 1 atom stereocenters. The van der Waals surface area contributed by atoms with E-state index in [4.69, 9.17) is 5.26 Å². The van der Waals surface area contributed by atoms with Crippen LogP contribution < -0.4 is 10.0 Å². The van der Waals surface area contributed by atoms with Crippen LogP contribution in [0.15, 0.2) is 23.2 Å². The summed E-state index contributed by atoms with van der Waals surface area (Å²) in [5, 5.41) is 11.9. The topological polar surface area (TPSA) is 94.9 Å². The molecule has 0 radical (unpaired) electrons. The molecule has 7 heteroatoms. The van der Waals surface area contributed by atoms with Gasteiger partial charge in [0.15, 0.2) is 0 Å². The van der Waals surface area contributed by atoms with Gasteiger partial charge in [-0.1, -0.05) is 0 Å². The van der Waals surface area contributed by atoms with Crippen LogP contribution in [0.3, 0.4) is 0 Å². The maximum atomic E-state index is 12.0. The molecular formula is C12H16N4O2S. The van der Waals surface area contributed by atoms with Crippen LogP contribution in [0.4, 0.5) is 0 Å². The van der Waals surface area contributed by atoms with Gasteiger partial charge in [0.05, 0.1) is 0 Å². The number of nitrogens with one attached hydrogen (secondary N) is 2. The van der Waals surface area contributed by atoms with Gasteiger partial charge in [0.2, 0.25) is 10.0 Å². The fraction of sp³-hybridized carbons (Fsp3) is 0.500. The Morgan fingerprint density at radius 1 is 1.53 bits per heavy atom. The first kappa shape index (κ1) is 13.9. The molecule has 1 aliphatic rings. The molecule has 6 nitrogen and oxygen atoms in total. The molecule has 1 aromatic heterocycles. The van der Waals surface area contributed by atoms with Gasteiger partial charge in [0.1, 0.15) is 16.7 Å². The van der Waals surface area contributed by atoms with E-state index in [1.54, 1.807) is 0 Å². The number of hydrogen-bond acceptors (Lipinski definition) is 5. The lowest BCUT2D eigenvalue weighted by molar-refractivity contribution is 0.539. The highest BCUT2D eigenvalue weighted by Gasteiger charge is 2.17. The number of nitrogens with zero attached hydrogens (tertiary/aromatic N) is 2. The summed E-state index contributed by atoms with van der Waals surface area (Å²) < 4.78 is 26.5. The maximum Gasteiger partial charge on any atom is 0.242 e. The summed E-state index contributed by atoms with van der Waals surface area (Å²) >= 11 is 0. The van der Waals surface area contributed by atoms with Gasteiger partial charge in [0, 0.05) is 18.8 Å². The normalized spacial score (nSPS) is 19.2. The van der Waals surface area contributed by atoms with Gasteiger partial charge in [0.25, 0.3) is 0 Å². The first-order valence-electron chi connectivity index (χ1n) is 6.21. The van der Waals surface area contributed by atoms with E-state index in [2.05, 4.69) is 15.0 Å². The van der Waals surface area contributed by atoms with E-state index in [0.29, 0.717) is 12.6 Å². The summed E-state index contributed by atoms with van der Waals surface area (Å²) in [6, 6.07) is 5.04. The van der Waals surface area contributed by atoms with Crippen molar-refractivity contribution in [1.82, 2.24) is 15.0 Å². The molecule has 2 heterocycles. The highest BCUT2D eigenvalue weighted by atomic mass is 32.2. The van der Waals surface area contributed by atoms with Crippen molar-refractivity contribution in [3.63, 3.8) is 0 Å². The van der Waals surface area contributed by atoms with E-state index in [1.807, 2.05) is 6.07 Å². The summed E-state index contributed by atoms with van der Waals surface area (Å²) in [5.41, 5.74) is 0.203. The quantitative estimate of drug-likeness (QED) is 0.812. The van der Waals surface area contributed by atoms with Gasteiger partial charge >= 0.3 is 0 Å². The lowest BCUT2D eigenvalue weighted by atomic mass is 10.2. The fourth-order valence-corrected chi connectivity index (χ4v) is 3.05. The fourth-order valence-electron chi connectivity index (χ4n) is 2.06. The van der Waals surface area contributed by atoms with E-state index >= 15 is 0 Å². The third-order valence-electron chi connectivity index (χ3n) is 3.11. The summed E-state index contributed by atoms with van der Waals surface area (Å²) in [4.78, 5) is 3.85. The predicted molar refractivity (Wildman–Crippen MR) is 69.8 cm³/mol. The lowest BCUT2D eigenvalue weighted by Gasteiger charge is -2.11. The van der Waals surface area contributed by atoms with Crippen LogP contribution in [0.25, 0.3) is 0 Å². The van der Waals surface area contributed by atoms with Gasteiger partial charge in [-0.3, -0.25) is 0 Å². The summed E-state index contributed by atoms with van der Waals surface area (Å²) in [6.07, 6.45) is 4.23. The van der Waals surface area contributed by atoms with E-state index in [0.717, 1.165) is 25.8 Å².